The highest BCUT2D eigenvalue weighted by atomic mass is 31.2. The van der Waals surface area contributed by atoms with Crippen LogP contribution < -0.4 is 10.2 Å². The van der Waals surface area contributed by atoms with Crippen LogP contribution in [-0.2, 0) is 18.4 Å². The van der Waals surface area contributed by atoms with E-state index in [-0.39, 0.29) is 19.1 Å². The Hall–Kier alpha value is -1.02. The molecule has 3 atom stereocenters. The van der Waals surface area contributed by atoms with Crippen LogP contribution in [0.25, 0.3) is 0 Å². The van der Waals surface area contributed by atoms with Crippen molar-refractivity contribution >= 4 is 13.7 Å². The van der Waals surface area contributed by atoms with E-state index in [1.165, 1.54) is 244 Å². The summed E-state index contributed by atoms with van der Waals surface area (Å²) in [5.41, 5.74) is 0. The summed E-state index contributed by atoms with van der Waals surface area (Å²) in [6.45, 7) is 4.69. The van der Waals surface area contributed by atoms with Gasteiger partial charge in [0.1, 0.15) is 13.2 Å². The van der Waals surface area contributed by atoms with Gasteiger partial charge < -0.3 is 28.8 Å². The number of nitrogens with zero attached hydrogens (tertiary/aromatic N) is 1. The van der Waals surface area contributed by atoms with Crippen LogP contribution in [0.15, 0.2) is 24.3 Å². The van der Waals surface area contributed by atoms with Gasteiger partial charge in [-0.05, 0) is 44.9 Å². The molecule has 0 aromatic heterocycles. The standard InChI is InChI=1S/C60H119N2O6P/c1-6-8-10-12-14-16-18-20-22-24-25-26-27-28-29-30-31-32-33-34-35-36-37-38-40-42-44-46-48-50-52-54-60(64)61-58(57-68-69(65,66)67-56-55-62(3,4)5)59(63)53-51-49-47-45-43-41-39-23-21-19-17-15-13-11-9-7-2/h24-25,51,53,58-59,63H,6-23,26-50,52,54-57H2,1-5H3,(H-,61,64,65,66)/b25-24-,53-51+. The number of carbonyl (C=O) groups is 1. The lowest BCUT2D eigenvalue weighted by Gasteiger charge is -2.29. The van der Waals surface area contributed by atoms with E-state index in [0.29, 0.717) is 17.4 Å². The highest BCUT2D eigenvalue weighted by molar-refractivity contribution is 7.45. The number of phosphoric acid groups is 1. The fourth-order valence-corrected chi connectivity index (χ4v) is 9.87. The molecule has 0 bridgehead atoms. The van der Waals surface area contributed by atoms with Crippen molar-refractivity contribution in [1.29, 1.82) is 0 Å². The molecule has 8 nitrogen and oxygen atoms in total. The first-order chi connectivity index (χ1) is 33.5. The molecule has 0 aliphatic carbocycles. The Morgan fingerprint density at radius 1 is 0.493 bits per heavy atom. The molecule has 0 saturated carbocycles. The Morgan fingerprint density at radius 3 is 1.13 bits per heavy atom. The predicted octanol–water partition coefficient (Wildman–Crippen LogP) is 17.7. The third kappa shape index (κ3) is 54.6. The van der Waals surface area contributed by atoms with Gasteiger partial charge in [0.15, 0.2) is 0 Å². The van der Waals surface area contributed by atoms with Crippen LogP contribution in [0, 0.1) is 0 Å². The quantitative estimate of drug-likeness (QED) is 0.0272. The van der Waals surface area contributed by atoms with Crippen LogP contribution in [-0.4, -0.2) is 68.5 Å². The molecule has 0 aromatic rings. The Labute approximate surface area is 430 Å². The van der Waals surface area contributed by atoms with Gasteiger partial charge in [0.2, 0.25) is 5.91 Å². The second-order valence-electron chi connectivity index (χ2n) is 22.1. The number of likely N-dealkylation sites (N-methyl/N-ethyl adjacent to an activating group) is 1. The van der Waals surface area contributed by atoms with Gasteiger partial charge >= 0.3 is 0 Å². The highest BCUT2D eigenvalue weighted by Gasteiger charge is 2.23. The Kier molecular flexibility index (Phi) is 51.1. The first-order valence-corrected chi connectivity index (χ1v) is 31.7. The average molecular weight is 996 g/mol. The largest absolute Gasteiger partial charge is 0.756 e. The van der Waals surface area contributed by atoms with E-state index in [0.717, 1.165) is 38.5 Å². The molecule has 0 heterocycles. The van der Waals surface area contributed by atoms with Gasteiger partial charge in [-0.15, -0.1) is 0 Å². The van der Waals surface area contributed by atoms with Crippen LogP contribution >= 0.6 is 7.82 Å². The summed E-state index contributed by atoms with van der Waals surface area (Å²) in [5.74, 6) is -0.192. The number of hydrogen-bond acceptors (Lipinski definition) is 6. The van der Waals surface area contributed by atoms with E-state index in [1.807, 2.05) is 27.2 Å². The van der Waals surface area contributed by atoms with E-state index >= 15 is 0 Å². The smallest absolute Gasteiger partial charge is 0.268 e. The number of allylic oxidation sites excluding steroid dienone is 3. The number of amides is 1. The molecule has 9 heteroatoms. The first kappa shape index (κ1) is 68.0. The number of unbranched alkanes of at least 4 members (excludes halogenated alkanes) is 41. The van der Waals surface area contributed by atoms with Gasteiger partial charge in [0.25, 0.3) is 7.82 Å². The number of rotatable bonds is 56. The summed E-state index contributed by atoms with van der Waals surface area (Å²) in [6, 6.07) is -0.883. The molecule has 0 saturated heterocycles. The van der Waals surface area contributed by atoms with Crippen LogP contribution in [0.3, 0.4) is 0 Å². The van der Waals surface area contributed by atoms with E-state index in [9.17, 15) is 19.4 Å². The fourth-order valence-electron chi connectivity index (χ4n) is 9.15. The second-order valence-corrected chi connectivity index (χ2v) is 23.5. The van der Waals surface area contributed by atoms with Gasteiger partial charge in [-0.25, -0.2) is 0 Å². The molecule has 1 amide bonds. The molecule has 0 aromatic carbocycles. The zero-order chi connectivity index (χ0) is 50.6. The molecule has 0 radical (unpaired) electrons. The zero-order valence-electron chi connectivity index (χ0n) is 46.8. The number of nitrogens with one attached hydrogen (secondary N) is 1. The second kappa shape index (κ2) is 51.9. The van der Waals surface area contributed by atoms with Crippen molar-refractivity contribution < 1.29 is 32.9 Å². The van der Waals surface area contributed by atoms with Crippen LogP contribution in [0.2, 0.25) is 0 Å². The molecular weight excluding hydrogens is 876 g/mol. The van der Waals surface area contributed by atoms with Gasteiger partial charge in [-0.2, -0.15) is 0 Å². The van der Waals surface area contributed by atoms with Crippen molar-refractivity contribution in [3.8, 4) is 0 Å². The van der Waals surface area contributed by atoms with E-state index in [4.69, 9.17) is 9.05 Å². The molecule has 3 unspecified atom stereocenters. The van der Waals surface area contributed by atoms with Crippen molar-refractivity contribution in [3.05, 3.63) is 24.3 Å². The van der Waals surface area contributed by atoms with Gasteiger partial charge in [-0.1, -0.05) is 276 Å². The minimum Gasteiger partial charge on any atom is -0.756 e. The monoisotopic (exact) mass is 995 g/mol. The summed E-state index contributed by atoms with van der Waals surface area (Å²) in [5, 5.41) is 13.9. The third-order valence-electron chi connectivity index (χ3n) is 13.9. The number of quaternary nitrogens is 1. The van der Waals surface area contributed by atoms with Crippen molar-refractivity contribution in [3.63, 3.8) is 0 Å². The normalized spacial score (nSPS) is 14.0. The molecule has 0 aliphatic heterocycles. The molecular formula is C60H119N2O6P. The minimum atomic E-state index is -4.59. The Bertz CT molecular complexity index is 1170. The minimum absolute atomic E-state index is 0.00156. The summed E-state index contributed by atoms with van der Waals surface area (Å²) in [4.78, 5) is 25.5. The lowest BCUT2D eigenvalue weighted by atomic mass is 10.0. The summed E-state index contributed by atoms with van der Waals surface area (Å²) < 4.78 is 23.4. The molecule has 0 aliphatic rings. The summed E-state index contributed by atoms with van der Waals surface area (Å²) in [6.07, 6.45) is 65.5. The predicted molar refractivity (Wildman–Crippen MR) is 298 cm³/mol. The summed E-state index contributed by atoms with van der Waals surface area (Å²) >= 11 is 0. The maximum atomic E-state index is 13.0. The lowest BCUT2D eigenvalue weighted by Crippen LogP contribution is -2.45. The molecule has 0 spiro atoms. The van der Waals surface area contributed by atoms with Crippen LogP contribution in [0.1, 0.15) is 303 Å². The number of aliphatic hydroxyl groups excluding tert-OH is 1. The third-order valence-corrected chi connectivity index (χ3v) is 14.9. The number of aliphatic hydroxyl groups is 1. The van der Waals surface area contributed by atoms with Crippen molar-refractivity contribution in [2.45, 2.75) is 315 Å². The van der Waals surface area contributed by atoms with E-state index < -0.39 is 20.0 Å². The highest BCUT2D eigenvalue weighted by Crippen LogP contribution is 2.38. The molecule has 2 N–H and O–H groups in total. The molecule has 0 rings (SSSR count). The van der Waals surface area contributed by atoms with Crippen LogP contribution in [0.4, 0.5) is 0 Å². The summed E-state index contributed by atoms with van der Waals surface area (Å²) in [7, 11) is 1.28. The average Bonchev–Trinajstić information content (AvgIpc) is 3.31. The maximum Gasteiger partial charge on any atom is 0.268 e. The van der Waals surface area contributed by atoms with Crippen molar-refractivity contribution in [1.82, 2.24) is 5.32 Å². The van der Waals surface area contributed by atoms with Gasteiger partial charge in [-0.3, -0.25) is 9.36 Å². The van der Waals surface area contributed by atoms with Gasteiger partial charge in [0.05, 0.1) is 39.9 Å². The fraction of sp³-hybridized carbons (Fsp3) is 0.917. The SMILES string of the molecule is CCCCCCCCCC/C=C\CCCCCCCCCCCCCCCCCCCCCC(=O)NC(COP(=O)([O-])OCC[N+](C)(C)C)C(O)/C=C/CCCCCCCCCCCCCCCC. The first-order valence-electron chi connectivity index (χ1n) is 30.2. The number of hydrogen-bond donors (Lipinski definition) is 2. The Morgan fingerprint density at radius 2 is 0.797 bits per heavy atom. The number of phosphoric ester groups is 1. The van der Waals surface area contributed by atoms with Crippen LogP contribution in [0.5, 0.6) is 0 Å². The van der Waals surface area contributed by atoms with Crippen molar-refractivity contribution in [2.75, 3.05) is 40.9 Å². The Balaban J connectivity index is 4.04. The van der Waals surface area contributed by atoms with E-state index in [1.54, 1.807) is 6.08 Å². The number of carbonyl (C=O) groups excluding carboxylic acids is 1. The van der Waals surface area contributed by atoms with Crippen molar-refractivity contribution in [2.24, 2.45) is 0 Å². The van der Waals surface area contributed by atoms with E-state index in [2.05, 4.69) is 31.3 Å². The molecule has 410 valence electrons. The topological polar surface area (TPSA) is 108 Å². The zero-order valence-corrected chi connectivity index (χ0v) is 47.7. The van der Waals surface area contributed by atoms with Gasteiger partial charge in [0, 0.05) is 6.42 Å². The maximum absolute atomic E-state index is 13.0. The molecule has 69 heavy (non-hydrogen) atoms. The lowest BCUT2D eigenvalue weighted by molar-refractivity contribution is -0.870. The molecule has 0 fully saturated rings.